The van der Waals surface area contributed by atoms with Gasteiger partial charge in [0, 0.05) is 31.4 Å². The molecule has 1 aromatic carbocycles. The van der Waals surface area contributed by atoms with Crippen molar-refractivity contribution < 1.29 is 4.79 Å². The number of hydrogen-bond acceptors (Lipinski definition) is 3. The lowest BCUT2D eigenvalue weighted by atomic mass is 10.1. The van der Waals surface area contributed by atoms with E-state index < -0.39 is 0 Å². The zero-order valence-corrected chi connectivity index (χ0v) is 12.7. The molecular weight excluding hydrogens is 250 g/mol. The predicted molar refractivity (Wildman–Crippen MR) is 83.1 cm³/mol. The molecule has 4 heteroatoms. The van der Waals surface area contributed by atoms with Crippen LogP contribution in [0.2, 0.25) is 0 Å². The second-order valence-electron chi connectivity index (χ2n) is 5.30. The van der Waals surface area contributed by atoms with E-state index in [-0.39, 0.29) is 5.91 Å². The van der Waals surface area contributed by atoms with Crippen LogP contribution in [0, 0.1) is 6.92 Å². The molecule has 4 nitrogen and oxygen atoms in total. The minimum atomic E-state index is 0.190. The van der Waals surface area contributed by atoms with Crippen molar-refractivity contribution in [2.24, 2.45) is 0 Å². The fourth-order valence-electron chi connectivity index (χ4n) is 2.64. The normalized spacial score (nSPS) is 15.2. The highest BCUT2D eigenvalue weighted by Crippen LogP contribution is 2.19. The molecule has 1 saturated heterocycles. The zero-order chi connectivity index (χ0) is 14.5. The molecule has 1 aliphatic heterocycles. The van der Waals surface area contributed by atoms with Crippen LogP contribution >= 0.6 is 0 Å². The number of benzene rings is 1. The molecule has 1 aromatic rings. The van der Waals surface area contributed by atoms with E-state index >= 15 is 0 Å². The molecule has 0 aliphatic carbocycles. The maximum Gasteiger partial charge on any atom is 0.241 e. The fraction of sp³-hybridized carbons (Fsp3) is 0.562. The van der Waals surface area contributed by atoms with Crippen LogP contribution in [0.1, 0.15) is 19.4 Å². The van der Waals surface area contributed by atoms with E-state index in [0.717, 1.165) is 30.9 Å². The van der Waals surface area contributed by atoms with Gasteiger partial charge in [-0.05, 0) is 32.0 Å². The van der Waals surface area contributed by atoms with E-state index in [0.29, 0.717) is 19.1 Å². The molecule has 0 atom stereocenters. The highest BCUT2D eigenvalue weighted by molar-refractivity contribution is 5.95. The van der Waals surface area contributed by atoms with Crippen molar-refractivity contribution in [3.8, 4) is 0 Å². The number of hydrogen-bond donors (Lipinski definition) is 1. The van der Waals surface area contributed by atoms with Crippen molar-refractivity contribution in [1.82, 2.24) is 10.2 Å². The van der Waals surface area contributed by atoms with Gasteiger partial charge >= 0.3 is 0 Å². The van der Waals surface area contributed by atoms with Gasteiger partial charge in [0.25, 0.3) is 0 Å². The molecule has 0 spiro atoms. The van der Waals surface area contributed by atoms with Crippen LogP contribution in [0.4, 0.5) is 5.69 Å². The molecule has 0 unspecified atom stereocenters. The first-order valence-corrected chi connectivity index (χ1v) is 7.48. The summed E-state index contributed by atoms with van der Waals surface area (Å²) in [4.78, 5) is 16.8. The molecule has 0 aromatic heterocycles. The third kappa shape index (κ3) is 3.19. The Morgan fingerprint density at radius 2 is 1.95 bits per heavy atom. The van der Waals surface area contributed by atoms with E-state index in [2.05, 4.69) is 30.1 Å². The minimum Gasteiger partial charge on any atom is -0.314 e. The van der Waals surface area contributed by atoms with Crippen LogP contribution in [-0.2, 0) is 4.79 Å². The van der Waals surface area contributed by atoms with Gasteiger partial charge in [0.05, 0.1) is 6.54 Å². The van der Waals surface area contributed by atoms with Gasteiger partial charge in [-0.2, -0.15) is 0 Å². The Morgan fingerprint density at radius 1 is 1.25 bits per heavy atom. The number of nitrogens with zero attached hydrogens (tertiary/aromatic N) is 2. The minimum absolute atomic E-state index is 0.190. The molecule has 0 radical (unpaired) electrons. The Bertz CT molecular complexity index is 457. The molecule has 20 heavy (non-hydrogen) atoms. The van der Waals surface area contributed by atoms with Crippen LogP contribution in [0.25, 0.3) is 0 Å². The number of para-hydroxylation sites is 1. The van der Waals surface area contributed by atoms with E-state index in [9.17, 15) is 4.79 Å². The molecule has 1 heterocycles. The van der Waals surface area contributed by atoms with Gasteiger partial charge in [-0.15, -0.1) is 0 Å². The summed E-state index contributed by atoms with van der Waals surface area (Å²) in [5, 5.41) is 3.27. The van der Waals surface area contributed by atoms with Crippen molar-refractivity contribution in [3.63, 3.8) is 0 Å². The molecule has 1 N–H and O–H groups in total. The number of aryl methyl sites for hydroxylation is 1. The predicted octanol–water partition coefficient (Wildman–Crippen LogP) is 1.64. The van der Waals surface area contributed by atoms with Crippen molar-refractivity contribution in [1.29, 1.82) is 0 Å². The second-order valence-corrected chi connectivity index (χ2v) is 5.30. The lowest BCUT2D eigenvalue weighted by molar-refractivity contribution is -0.120. The summed E-state index contributed by atoms with van der Waals surface area (Å²) in [6, 6.07) is 8.59. The number of likely N-dealkylation sites (N-methyl/N-ethyl adjacent to an activating group) is 2. The Labute approximate surface area is 121 Å². The van der Waals surface area contributed by atoms with Gasteiger partial charge < -0.3 is 10.2 Å². The van der Waals surface area contributed by atoms with Gasteiger partial charge in [0.15, 0.2) is 0 Å². The first kappa shape index (κ1) is 15.0. The third-order valence-corrected chi connectivity index (χ3v) is 4.04. The number of carbonyl (C=O) groups excluding carboxylic acids is 1. The highest BCUT2D eigenvalue weighted by Gasteiger charge is 2.26. The standard InChI is InChI=1S/C16H25N3O/c1-4-18(14-10-17-11-14)12-16(20)19(5-2)15-9-7-6-8-13(15)3/h6-9,14,17H,4-5,10-12H2,1-3H3. The van der Waals surface area contributed by atoms with Crippen molar-refractivity contribution in [2.75, 3.05) is 37.6 Å². The highest BCUT2D eigenvalue weighted by atomic mass is 16.2. The molecule has 1 amide bonds. The molecule has 1 fully saturated rings. The number of nitrogens with one attached hydrogen (secondary N) is 1. The summed E-state index contributed by atoms with van der Waals surface area (Å²) in [5.74, 6) is 0.190. The Balaban J connectivity index is 2.07. The number of anilines is 1. The lowest BCUT2D eigenvalue weighted by Gasteiger charge is -2.38. The van der Waals surface area contributed by atoms with Gasteiger partial charge in [-0.1, -0.05) is 25.1 Å². The van der Waals surface area contributed by atoms with E-state index in [1.54, 1.807) is 0 Å². The SMILES string of the molecule is CCN(C(=O)CN(CC)C1CNC1)c1ccccc1C. The summed E-state index contributed by atoms with van der Waals surface area (Å²) < 4.78 is 0. The van der Waals surface area contributed by atoms with Crippen LogP contribution in [0.5, 0.6) is 0 Å². The summed E-state index contributed by atoms with van der Waals surface area (Å²) >= 11 is 0. The third-order valence-electron chi connectivity index (χ3n) is 4.04. The van der Waals surface area contributed by atoms with Crippen molar-refractivity contribution >= 4 is 11.6 Å². The number of carbonyl (C=O) groups is 1. The molecule has 0 bridgehead atoms. The summed E-state index contributed by atoms with van der Waals surface area (Å²) in [5.41, 5.74) is 2.18. The first-order valence-electron chi connectivity index (χ1n) is 7.48. The van der Waals surface area contributed by atoms with E-state index in [4.69, 9.17) is 0 Å². The largest absolute Gasteiger partial charge is 0.314 e. The summed E-state index contributed by atoms with van der Waals surface area (Å²) in [6.07, 6.45) is 0. The van der Waals surface area contributed by atoms with Crippen LogP contribution in [0.3, 0.4) is 0 Å². The molecule has 2 rings (SSSR count). The fourth-order valence-corrected chi connectivity index (χ4v) is 2.64. The van der Waals surface area contributed by atoms with Gasteiger partial charge in [-0.3, -0.25) is 9.69 Å². The van der Waals surface area contributed by atoms with Gasteiger partial charge in [0.2, 0.25) is 5.91 Å². The molecule has 0 saturated carbocycles. The van der Waals surface area contributed by atoms with Crippen LogP contribution in [-0.4, -0.2) is 49.6 Å². The number of rotatable bonds is 6. The topological polar surface area (TPSA) is 35.6 Å². The maximum atomic E-state index is 12.6. The Kier molecular flexibility index (Phi) is 5.15. The summed E-state index contributed by atoms with van der Waals surface area (Å²) in [7, 11) is 0. The summed E-state index contributed by atoms with van der Waals surface area (Å²) in [6.45, 7) is 10.3. The van der Waals surface area contributed by atoms with E-state index in [1.165, 1.54) is 0 Å². The quantitative estimate of drug-likeness (QED) is 0.857. The molecule has 1 aliphatic rings. The molecule has 110 valence electrons. The van der Waals surface area contributed by atoms with Gasteiger partial charge in [0.1, 0.15) is 0 Å². The van der Waals surface area contributed by atoms with Gasteiger partial charge in [-0.25, -0.2) is 0 Å². The zero-order valence-electron chi connectivity index (χ0n) is 12.7. The smallest absolute Gasteiger partial charge is 0.241 e. The van der Waals surface area contributed by atoms with Crippen molar-refractivity contribution in [2.45, 2.75) is 26.8 Å². The van der Waals surface area contributed by atoms with Crippen LogP contribution < -0.4 is 10.2 Å². The monoisotopic (exact) mass is 275 g/mol. The Hall–Kier alpha value is -1.39. The second kappa shape index (κ2) is 6.86. The maximum absolute atomic E-state index is 12.6. The average molecular weight is 275 g/mol. The number of amides is 1. The first-order chi connectivity index (χ1) is 9.67. The lowest BCUT2D eigenvalue weighted by Crippen LogP contribution is -2.59. The average Bonchev–Trinajstić information content (AvgIpc) is 2.39. The molecular formula is C16H25N3O. The van der Waals surface area contributed by atoms with Crippen LogP contribution in [0.15, 0.2) is 24.3 Å². The Morgan fingerprint density at radius 3 is 2.45 bits per heavy atom. The van der Waals surface area contributed by atoms with E-state index in [1.807, 2.05) is 30.0 Å². The van der Waals surface area contributed by atoms with Crippen molar-refractivity contribution in [3.05, 3.63) is 29.8 Å².